The molecule has 7 heteroatoms. The minimum atomic E-state index is -0.530. The molecule has 0 aliphatic carbocycles. The molecule has 2 amide bonds. The quantitative estimate of drug-likeness (QED) is 0.477. The van der Waals surface area contributed by atoms with Gasteiger partial charge in [-0.1, -0.05) is 23.8 Å². The fourth-order valence-corrected chi connectivity index (χ4v) is 4.50. The van der Waals surface area contributed by atoms with Gasteiger partial charge in [0.2, 0.25) is 0 Å². The summed E-state index contributed by atoms with van der Waals surface area (Å²) in [6.07, 6.45) is 2.81. The van der Waals surface area contributed by atoms with E-state index in [1.165, 1.54) is 5.56 Å². The van der Waals surface area contributed by atoms with E-state index in [-0.39, 0.29) is 17.9 Å². The first kappa shape index (κ1) is 25.5. The first-order chi connectivity index (χ1) is 17.0. The molecule has 0 radical (unpaired) electrons. The van der Waals surface area contributed by atoms with E-state index in [4.69, 9.17) is 4.74 Å². The first-order valence-corrected chi connectivity index (χ1v) is 12.5. The van der Waals surface area contributed by atoms with Crippen molar-refractivity contribution in [1.82, 2.24) is 14.7 Å². The second-order valence-electron chi connectivity index (χ2n) is 10.7. The lowest BCUT2D eigenvalue weighted by Gasteiger charge is -2.34. The fourth-order valence-electron chi connectivity index (χ4n) is 4.50. The standard InChI is InChI=1S/C29H36N4O3/c1-19-7-11-24(12-8-19)33-26(22-13-15-32(16-14-22)28(35)36-29(4,5)6)25(18-30-33)27(34)31-23-10-9-20(2)21(3)17-23/h7-12,17-18,22H,13-16H2,1-6H3,(H,31,34). The van der Waals surface area contributed by atoms with E-state index in [0.717, 1.165) is 41.0 Å². The number of anilines is 1. The number of aryl methyl sites for hydroxylation is 3. The number of benzene rings is 2. The number of hydrogen-bond donors (Lipinski definition) is 1. The molecule has 2 aromatic carbocycles. The molecule has 0 unspecified atom stereocenters. The zero-order chi connectivity index (χ0) is 26.0. The van der Waals surface area contributed by atoms with Crippen LogP contribution in [0.3, 0.4) is 0 Å². The van der Waals surface area contributed by atoms with Gasteiger partial charge in [-0.3, -0.25) is 4.79 Å². The van der Waals surface area contributed by atoms with Crippen LogP contribution in [0.2, 0.25) is 0 Å². The Morgan fingerprint density at radius 2 is 1.64 bits per heavy atom. The number of rotatable bonds is 4. The summed E-state index contributed by atoms with van der Waals surface area (Å²) in [6, 6.07) is 14.0. The van der Waals surface area contributed by atoms with Gasteiger partial charge in [-0.25, -0.2) is 9.48 Å². The number of nitrogens with one attached hydrogen (secondary N) is 1. The van der Waals surface area contributed by atoms with Crippen molar-refractivity contribution in [3.63, 3.8) is 0 Å². The van der Waals surface area contributed by atoms with Gasteiger partial charge in [-0.05, 0) is 89.8 Å². The molecule has 190 valence electrons. The Hall–Kier alpha value is -3.61. The first-order valence-electron chi connectivity index (χ1n) is 12.5. The van der Waals surface area contributed by atoms with Crippen molar-refractivity contribution >= 4 is 17.7 Å². The van der Waals surface area contributed by atoms with Crippen LogP contribution in [0.25, 0.3) is 5.69 Å². The molecule has 2 heterocycles. The third kappa shape index (κ3) is 5.78. The molecule has 0 atom stereocenters. The second kappa shape index (κ2) is 10.2. The summed E-state index contributed by atoms with van der Waals surface area (Å²) in [5.41, 5.74) is 6.04. The van der Waals surface area contributed by atoms with Crippen molar-refractivity contribution in [3.8, 4) is 5.69 Å². The van der Waals surface area contributed by atoms with Gasteiger partial charge in [-0.2, -0.15) is 5.10 Å². The third-order valence-corrected chi connectivity index (χ3v) is 6.63. The van der Waals surface area contributed by atoms with E-state index in [2.05, 4.69) is 10.4 Å². The second-order valence-corrected chi connectivity index (χ2v) is 10.7. The van der Waals surface area contributed by atoms with Crippen molar-refractivity contribution in [2.75, 3.05) is 18.4 Å². The van der Waals surface area contributed by atoms with Crippen LogP contribution >= 0.6 is 0 Å². The molecular weight excluding hydrogens is 452 g/mol. The molecular formula is C29H36N4O3. The maximum atomic E-state index is 13.5. The predicted molar refractivity (Wildman–Crippen MR) is 142 cm³/mol. The van der Waals surface area contributed by atoms with E-state index >= 15 is 0 Å². The molecule has 1 aliphatic rings. The number of amides is 2. The molecule has 0 spiro atoms. The van der Waals surface area contributed by atoms with Crippen LogP contribution in [0.15, 0.2) is 48.7 Å². The van der Waals surface area contributed by atoms with Crippen molar-refractivity contribution < 1.29 is 14.3 Å². The molecule has 4 rings (SSSR count). The number of carbonyl (C=O) groups is 2. The number of hydrogen-bond acceptors (Lipinski definition) is 4. The van der Waals surface area contributed by atoms with Crippen LogP contribution in [0.1, 0.15) is 72.3 Å². The van der Waals surface area contributed by atoms with Gasteiger partial charge in [0.1, 0.15) is 5.60 Å². The molecule has 1 fully saturated rings. The molecule has 7 nitrogen and oxygen atoms in total. The summed E-state index contributed by atoms with van der Waals surface area (Å²) < 4.78 is 7.44. The van der Waals surface area contributed by atoms with E-state index in [1.807, 2.05) is 88.7 Å². The summed E-state index contributed by atoms with van der Waals surface area (Å²) in [4.78, 5) is 27.8. The zero-order valence-corrected chi connectivity index (χ0v) is 22.1. The monoisotopic (exact) mass is 488 g/mol. The number of piperidine rings is 1. The Balaban J connectivity index is 1.61. The van der Waals surface area contributed by atoms with E-state index in [9.17, 15) is 9.59 Å². The van der Waals surface area contributed by atoms with Crippen LogP contribution in [-0.4, -0.2) is 45.4 Å². The smallest absolute Gasteiger partial charge is 0.410 e. The Morgan fingerprint density at radius 3 is 2.25 bits per heavy atom. The molecule has 3 aromatic rings. The maximum Gasteiger partial charge on any atom is 0.410 e. The predicted octanol–water partition coefficient (Wildman–Crippen LogP) is 6.16. The van der Waals surface area contributed by atoms with Gasteiger partial charge in [0.05, 0.1) is 23.1 Å². The van der Waals surface area contributed by atoms with Gasteiger partial charge in [0.25, 0.3) is 5.91 Å². The van der Waals surface area contributed by atoms with Crippen LogP contribution in [0.5, 0.6) is 0 Å². The highest BCUT2D eigenvalue weighted by Crippen LogP contribution is 2.33. The minimum Gasteiger partial charge on any atom is -0.444 e. The Labute approximate surface area is 213 Å². The fraction of sp³-hybridized carbons (Fsp3) is 0.414. The van der Waals surface area contributed by atoms with Gasteiger partial charge >= 0.3 is 6.09 Å². The lowest BCUT2D eigenvalue weighted by atomic mass is 9.90. The summed E-state index contributed by atoms with van der Waals surface area (Å²) in [5.74, 6) is -0.103. The third-order valence-electron chi connectivity index (χ3n) is 6.63. The number of ether oxygens (including phenoxy) is 1. The van der Waals surface area contributed by atoms with Gasteiger partial charge in [0.15, 0.2) is 0 Å². The topological polar surface area (TPSA) is 76.5 Å². The largest absolute Gasteiger partial charge is 0.444 e. The van der Waals surface area contributed by atoms with Gasteiger partial charge < -0.3 is 15.0 Å². The summed E-state index contributed by atoms with van der Waals surface area (Å²) >= 11 is 0. The lowest BCUT2D eigenvalue weighted by Crippen LogP contribution is -2.41. The number of aromatic nitrogens is 2. The van der Waals surface area contributed by atoms with Gasteiger partial charge in [-0.15, -0.1) is 0 Å². The average molecular weight is 489 g/mol. The summed E-state index contributed by atoms with van der Waals surface area (Å²) in [5, 5.41) is 7.69. The van der Waals surface area contributed by atoms with Crippen LogP contribution in [-0.2, 0) is 4.74 Å². The van der Waals surface area contributed by atoms with Gasteiger partial charge in [0, 0.05) is 24.7 Å². The molecule has 1 aliphatic heterocycles. The van der Waals surface area contributed by atoms with Crippen LogP contribution < -0.4 is 5.32 Å². The van der Waals surface area contributed by atoms with E-state index in [0.29, 0.717) is 18.7 Å². The minimum absolute atomic E-state index is 0.0768. The lowest BCUT2D eigenvalue weighted by molar-refractivity contribution is 0.0203. The maximum absolute atomic E-state index is 13.5. The highest BCUT2D eigenvalue weighted by molar-refractivity contribution is 6.05. The number of likely N-dealkylation sites (tertiary alicyclic amines) is 1. The number of nitrogens with zero attached hydrogens (tertiary/aromatic N) is 3. The molecule has 0 bridgehead atoms. The Kier molecular flexibility index (Phi) is 7.20. The zero-order valence-electron chi connectivity index (χ0n) is 22.1. The van der Waals surface area contributed by atoms with Crippen LogP contribution in [0, 0.1) is 20.8 Å². The highest BCUT2D eigenvalue weighted by atomic mass is 16.6. The Bertz CT molecular complexity index is 1250. The summed E-state index contributed by atoms with van der Waals surface area (Å²) in [6.45, 7) is 12.9. The van der Waals surface area contributed by atoms with Crippen molar-refractivity contribution in [2.45, 2.75) is 65.9 Å². The molecule has 36 heavy (non-hydrogen) atoms. The van der Waals surface area contributed by atoms with E-state index < -0.39 is 5.60 Å². The SMILES string of the molecule is Cc1ccc(-n2ncc(C(=O)Nc3ccc(C)c(C)c3)c2C2CCN(C(=O)OC(C)(C)C)CC2)cc1. The molecule has 0 saturated carbocycles. The van der Waals surface area contributed by atoms with E-state index in [1.54, 1.807) is 11.1 Å². The van der Waals surface area contributed by atoms with Crippen molar-refractivity contribution in [3.05, 3.63) is 76.6 Å². The average Bonchev–Trinajstić information content (AvgIpc) is 3.26. The highest BCUT2D eigenvalue weighted by Gasteiger charge is 2.32. The molecule has 1 N–H and O–H groups in total. The van der Waals surface area contributed by atoms with Crippen molar-refractivity contribution in [2.24, 2.45) is 0 Å². The van der Waals surface area contributed by atoms with Crippen molar-refractivity contribution in [1.29, 1.82) is 0 Å². The normalized spacial score (nSPS) is 14.6. The molecule has 1 saturated heterocycles. The molecule has 1 aromatic heterocycles. The van der Waals surface area contributed by atoms with Crippen LogP contribution in [0.4, 0.5) is 10.5 Å². The summed E-state index contributed by atoms with van der Waals surface area (Å²) in [7, 11) is 0. The number of carbonyl (C=O) groups excluding carboxylic acids is 2. The Morgan fingerprint density at radius 1 is 0.972 bits per heavy atom.